The van der Waals surface area contributed by atoms with Crippen LogP contribution < -0.4 is 4.90 Å². The molecule has 0 radical (unpaired) electrons. The van der Waals surface area contributed by atoms with Gasteiger partial charge in [-0.25, -0.2) is 14.8 Å². The largest absolute Gasteiger partial charge is 0.478 e. The molecule has 0 bridgehead atoms. The minimum atomic E-state index is -1.02. The van der Waals surface area contributed by atoms with E-state index in [1.807, 2.05) is 76.1 Å². The molecule has 52 heavy (non-hydrogen) atoms. The van der Waals surface area contributed by atoms with Gasteiger partial charge in [0.05, 0.1) is 41.2 Å². The minimum absolute atomic E-state index is 0.161. The Kier molecular flexibility index (Phi) is 7.82. The number of carboxylic acid groups (broad SMARTS) is 1. The van der Waals surface area contributed by atoms with Gasteiger partial charge < -0.3 is 14.7 Å². The van der Waals surface area contributed by atoms with E-state index in [1.165, 1.54) is 0 Å². The Morgan fingerprint density at radius 3 is 1.96 bits per heavy atom. The number of hydrogen-bond acceptors (Lipinski definition) is 6. The lowest BCUT2D eigenvalue weighted by molar-refractivity contribution is 0.0699. The van der Waals surface area contributed by atoms with Gasteiger partial charge in [0, 0.05) is 30.4 Å². The number of aromatic nitrogens is 5. The van der Waals surface area contributed by atoms with Crippen molar-refractivity contribution in [3.63, 3.8) is 0 Å². The first-order chi connectivity index (χ1) is 25.6. The molecule has 3 aromatic heterocycles. The lowest BCUT2D eigenvalue weighted by Gasteiger charge is -2.36. The second-order valence-corrected chi connectivity index (χ2v) is 12.9. The highest BCUT2D eigenvalue weighted by atomic mass is 16.5. The molecule has 1 aliphatic rings. The van der Waals surface area contributed by atoms with E-state index < -0.39 is 11.5 Å². The Hall–Kier alpha value is -6.58. The number of pyridine rings is 1. The molecular weight excluding hydrogens is 649 g/mol. The van der Waals surface area contributed by atoms with Crippen LogP contribution >= 0.6 is 0 Å². The average Bonchev–Trinajstić information content (AvgIpc) is 3.88. The van der Waals surface area contributed by atoms with E-state index in [4.69, 9.17) is 14.8 Å². The molecule has 0 saturated carbocycles. The van der Waals surface area contributed by atoms with Crippen molar-refractivity contribution in [1.29, 1.82) is 0 Å². The Bertz CT molecular complexity index is 2440. The number of imidazole rings is 1. The smallest absolute Gasteiger partial charge is 0.338 e. The van der Waals surface area contributed by atoms with E-state index in [1.54, 1.807) is 12.4 Å². The molecule has 254 valence electrons. The highest BCUT2D eigenvalue weighted by Crippen LogP contribution is 2.41. The quantitative estimate of drug-likeness (QED) is 0.163. The summed E-state index contributed by atoms with van der Waals surface area (Å²) in [4.78, 5) is 24.5. The first-order valence-corrected chi connectivity index (χ1v) is 17.3. The maximum atomic E-state index is 12.5. The fourth-order valence-electron chi connectivity index (χ4n) is 7.53. The van der Waals surface area contributed by atoms with Crippen molar-refractivity contribution in [2.75, 3.05) is 31.2 Å². The molecule has 9 nitrogen and oxygen atoms in total. The second kappa shape index (κ2) is 12.9. The predicted molar refractivity (Wildman–Crippen MR) is 202 cm³/mol. The SMILES string of the molecule is O=C(O)c1cc(N2CCOCC2)cc2c1ncn2-c1cc(-c2ccn(C(c3ccccc3)(c3ccccc3)c3ccccc3)n2)nc2ccccc12. The third-order valence-electron chi connectivity index (χ3n) is 9.97. The first-order valence-electron chi connectivity index (χ1n) is 17.3. The second-order valence-electron chi connectivity index (χ2n) is 12.9. The summed E-state index contributed by atoms with van der Waals surface area (Å²) in [6.07, 6.45) is 3.73. The van der Waals surface area contributed by atoms with Crippen molar-refractivity contribution in [2.45, 2.75) is 5.54 Å². The standard InChI is InChI=1S/C43H34N6O3/c50-42(51)35-26-33(47-22-24-52-25-23-47)27-40-41(35)44-29-48(40)39-28-38(45-36-19-11-10-18-34(36)39)37-20-21-49(46-37)43(30-12-4-1-5-13-30,31-14-6-2-7-15-31)32-16-8-3-9-17-32/h1-21,26-29H,22-25H2,(H,50,51). The summed E-state index contributed by atoms with van der Waals surface area (Å²) < 4.78 is 9.59. The highest BCUT2D eigenvalue weighted by molar-refractivity contribution is 6.04. The van der Waals surface area contributed by atoms with Crippen molar-refractivity contribution < 1.29 is 14.6 Å². The molecule has 0 spiro atoms. The van der Waals surface area contributed by atoms with Crippen molar-refractivity contribution in [2.24, 2.45) is 0 Å². The fraction of sp³-hybridized carbons (Fsp3) is 0.116. The van der Waals surface area contributed by atoms with E-state index in [0.717, 1.165) is 39.0 Å². The van der Waals surface area contributed by atoms with Gasteiger partial charge in [0.2, 0.25) is 0 Å². The summed E-state index contributed by atoms with van der Waals surface area (Å²) in [5.74, 6) is -1.02. The van der Waals surface area contributed by atoms with E-state index in [9.17, 15) is 9.90 Å². The van der Waals surface area contributed by atoms with Crippen LogP contribution in [0.5, 0.6) is 0 Å². The molecule has 0 aliphatic carbocycles. The number of hydrogen-bond donors (Lipinski definition) is 1. The topological polar surface area (TPSA) is 98.3 Å². The zero-order valence-corrected chi connectivity index (χ0v) is 28.2. The van der Waals surface area contributed by atoms with Crippen LogP contribution in [0.15, 0.2) is 152 Å². The van der Waals surface area contributed by atoms with Gasteiger partial charge in [-0.15, -0.1) is 0 Å². The monoisotopic (exact) mass is 682 g/mol. The van der Waals surface area contributed by atoms with E-state index in [-0.39, 0.29) is 5.56 Å². The van der Waals surface area contributed by atoms with Crippen LogP contribution in [0.25, 0.3) is 39.0 Å². The summed E-state index contributed by atoms with van der Waals surface area (Å²) in [5, 5.41) is 16.5. The van der Waals surface area contributed by atoms with Gasteiger partial charge in [0.25, 0.3) is 0 Å². The van der Waals surface area contributed by atoms with Gasteiger partial charge in [0.1, 0.15) is 23.1 Å². The van der Waals surface area contributed by atoms with Crippen molar-refractivity contribution in [1.82, 2.24) is 24.3 Å². The molecule has 1 N–H and O–H groups in total. The van der Waals surface area contributed by atoms with Gasteiger partial charge in [-0.3, -0.25) is 9.25 Å². The highest BCUT2D eigenvalue weighted by Gasteiger charge is 2.39. The van der Waals surface area contributed by atoms with Crippen LogP contribution in [0.3, 0.4) is 0 Å². The summed E-state index contributed by atoms with van der Waals surface area (Å²) in [6.45, 7) is 2.54. The number of carbonyl (C=O) groups is 1. The molecule has 8 aromatic rings. The molecule has 9 rings (SSSR count). The molecule has 0 unspecified atom stereocenters. The third-order valence-corrected chi connectivity index (χ3v) is 9.97. The first kappa shape index (κ1) is 31.4. The number of fused-ring (bicyclic) bond motifs is 2. The lowest BCUT2D eigenvalue weighted by atomic mass is 9.77. The Balaban J connectivity index is 1.25. The Morgan fingerprint density at radius 1 is 0.712 bits per heavy atom. The van der Waals surface area contributed by atoms with Crippen molar-refractivity contribution in [3.8, 4) is 17.1 Å². The maximum absolute atomic E-state index is 12.5. The van der Waals surface area contributed by atoms with Crippen molar-refractivity contribution in [3.05, 3.63) is 174 Å². The normalized spacial score (nSPS) is 13.5. The molecule has 1 fully saturated rings. The number of rotatable bonds is 8. The lowest BCUT2D eigenvalue weighted by Crippen LogP contribution is -2.38. The number of para-hydroxylation sites is 1. The molecule has 1 aliphatic heterocycles. The van der Waals surface area contributed by atoms with Crippen LogP contribution in [0.1, 0.15) is 27.0 Å². The zero-order chi connectivity index (χ0) is 35.1. The third kappa shape index (κ3) is 5.21. The molecule has 0 atom stereocenters. The van der Waals surface area contributed by atoms with Crippen LogP contribution in [-0.4, -0.2) is 61.7 Å². The number of anilines is 1. The summed E-state index contributed by atoms with van der Waals surface area (Å²) in [5.41, 5.74) is 7.55. The number of aromatic carboxylic acids is 1. The number of carboxylic acids is 1. The van der Waals surface area contributed by atoms with Gasteiger partial charge in [0.15, 0.2) is 0 Å². The van der Waals surface area contributed by atoms with Gasteiger partial charge in [-0.05, 0) is 47.0 Å². The molecule has 1 saturated heterocycles. The zero-order valence-electron chi connectivity index (χ0n) is 28.2. The molecule has 5 aromatic carbocycles. The number of benzene rings is 5. The molecule has 0 amide bonds. The van der Waals surface area contributed by atoms with Crippen molar-refractivity contribution >= 4 is 33.6 Å². The molecular formula is C43H34N6O3. The summed E-state index contributed by atoms with van der Waals surface area (Å²) in [6, 6.07) is 47.1. The maximum Gasteiger partial charge on any atom is 0.338 e. The number of nitrogens with zero attached hydrogens (tertiary/aromatic N) is 6. The van der Waals surface area contributed by atoms with Gasteiger partial charge in [-0.2, -0.15) is 5.10 Å². The van der Waals surface area contributed by atoms with Crippen LogP contribution in [0.4, 0.5) is 5.69 Å². The Labute approximate surface area is 300 Å². The van der Waals surface area contributed by atoms with Gasteiger partial charge in [-0.1, -0.05) is 109 Å². The fourth-order valence-corrected chi connectivity index (χ4v) is 7.53. The van der Waals surface area contributed by atoms with Gasteiger partial charge >= 0.3 is 5.97 Å². The summed E-state index contributed by atoms with van der Waals surface area (Å²) in [7, 11) is 0. The molecule has 4 heterocycles. The van der Waals surface area contributed by atoms with E-state index >= 15 is 0 Å². The Morgan fingerprint density at radius 2 is 1.33 bits per heavy atom. The summed E-state index contributed by atoms with van der Waals surface area (Å²) >= 11 is 0. The number of ether oxygens (including phenoxy) is 1. The average molecular weight is 683 g/mol. The minimum Gasteiger partial charge on any atom is -0.478 e. The van der Waals surface area contributed by atoms with Crippen LogP contribution in [0, 0.1) is 0 Å². The van der Waals surface area contributed by atoms with Crippen LogP contribution in [-0.2, 0) is 10.3 Å². The molecule has 9 heteroatoms. The van der Waals surface area contributed by atoms with Crippen LogP contribution in [0.2, 0.25) is 0 Å². The van der Waals surface area contributed by atoms with E-state index in [2.05, 4.69) is 82.7 Å². The number of morpholine rings is 1. The van der Waals surface area contributed by atoms with E-state index in [0.29, 0.717) is 48.7 Å². The predicted octanol–water partition coefficient (Wildman–Crippen LogP) is 7.81.